The number of thioether (sulfide) groups is 1. The molecule has 1 aromatic heterocycles. The lowest BCUT2D eigenvalue weighted by Crippen LogP contribution is -2.31. The minimum Gasteiger partial charge on any atom is -0.329 e. The quantitative estimate of drug-likeness (QED) is 0.801. The summed E-state index contributed by atoms with van der Waals surface area (Å²) in [6, 6.07) is 1.92. The Morgan fingerprint density at radius 3 is 3.07 bits per heavy atom. The van der Waals surface area contributed by atoms with E-state index >= 15 is 0 Å². The predicted octanol–water partition coefficient (Wildman–Crippen LogP) is 1.47. The highest BCUT2D eigenvalue weighted by Crippen LogP contribution is 2.44. The highest BCUT2D eigenvalue weighted by atomic mass is 32.2. The second kappa shape index (κ2) is 3.87. The van der Waals surface area contributed by atoms with Gasteiger partial charge in [-0.3, -0.25) is 0 Å². The van der Waals surface area contributed by atoms with Gasteiger partial charge in [0.25, 0.3) is 0 Å². The largest absolute Gasteiger partial charge is 0.329 e. The number of aryl methyl sites for hydroxylation is 1. The Morgan fingerprint density at radius 2 is 2.50 bits per heavy atom. The molecule has 3 nitrogen and oxygen atoms in total. The molecule has 0 aromatic carbocycles. The van der Waals surface area contributed by atoms with Gasteiger partial charge in [0, 0.05) is 18.4 Å². The highest BCUT2D eigenvalue weighted by molar-refractivity contribution is 8.00. The van der Waals surface area contributed by atoms with Crippen LogP contribution in [0.5, 0.6) is 0 Å². The summed E-state index contributed by atoms with van der Waals surface area (Å²) in [4.78, 5) is 8.84. The lowest BCUT2D eigenvalue weighted by Gasteiger charge is -2.24. The lowest BCUT2D eigenvalue weighted by atomic mass is 10.0. The highest BCUT2D eigenvalue weighted by Gasteiger charge is 2.37. The van der Waals surface area contributed by atoms with Gasteiger partial charge in [-0.25, -0.2) is 9.97 Å². The maximum absolute atomic E-state index is 5.85. The van der Waals surface area contributed by atoms with E-state index in [0.717, 1.165) is 17.9 Å². The van der Waals surface area contributed by atoms with E-state index in [-0.39, 0.29) is 4.75 Å². The van der Waals surface area contributed by atoms with Gasteiger partial charge < -0.3 is 5.73 Å². The monoisotopic (exact) mass is 209 g/mol. The summed E-state index contributed by atoms with van der Waals surface area (Å²) in [5, 5.41) is 0. The van der Waals surface area contributed by atoms with Crippen LogP contribution in [0.15, 0.2) is 12.3 Å². The average Bonchev–Trinajstić information content (AvgIpc) is 2.67. The van der Waals surface area contributed by atoms with Crippen LogP contribution in [0.1, 0.15) is 24.4 Å². The van der Waals surface area contributed by atoms with E-state index in [1.807, 2.05) is 30.9 Å². The SMILES string of the molecule is Cc1ccnc(C2(CN)CCCS2)n1. The van der Waals surface area contributed by atoms with Gasteiger partial charge in [0.2, 0.25) is 0 Å². The molecule has 4 heteroatoms. The summed E-state index contributed by atoms with van der Waals surface area (Å²) < 4.78 is -0.00792. The summed E-state index contributed by atoms with van der Waals surface area (Å²) in [6.45, 7) is 2.64. The molecule has 2 heterocycles. The smallest absolute Gasteiger partial charge is 0.145 e. The molecule has 1 fully saturated rings. The number of hydrogen-bond acceptors (Lipinski definition) is 4. The van der Waals surface area contributed by atoms with E-state index in [9.17, 15) is 0 Å². The van der Waals surface area contributed by atoms with Crippen molar-refractivity contribution in [2.75, 3.05) is 12.3 Å². The fourth-order valence-corrected chi connectivity index (χ4v) is 3.11. The van der Waals surface area contributed by atoms with E-state index < -0.39 is 0 Å². The topological polar surface area (TPSA) is 51.8 Å². The van der Waals surface area contributed by atoms with Crippen molar-refractivity contribution in [2.45, 2.75) is 24.5 Å². The standard InChI is InChI=1S/C10H15N3S/c1-8-3-5-12-9(13-8)10(7-11)4-2-6-14-10/h3,5H,2,4,6-7,11H2,1H3. The van der Waals surface area contributed by atoms with Crippen molar-refractivity contribution in [3.8, 4) is 0 Å². The molecular formula is C10H15N3S. The molecule has 1 unspecified atom stereocenters. The van der Waals surface area contributed by atoms with Crippen molar-refractivity contribution in [2.24, 2.45) is 5.73 Å². The first-order chi connectivity index (χ1) is 6.77. The molecule has 1 aliphatic heterocycles. The Bertz CT molecular complexity index is 321. The normalized spacial score (nSPS) is 26.7. The van der Waals surface area contributed by atoms with Gasteiger partial charge in [-0.2, -0.15) is 0 Å². The van der Waals surface area contributed by atoms with E-state index in [0.29, 0.717) is 6.54 Å². The Labute approximate surface area is 88.5 Å². The molecule has 0 amide bonds. The van der Waals surface area contributed by atoms with Gasteiger partial charge in [-0.15, -0.1) is 11.8 Å². The van der Waals surface area contributed by atoms with Crippen LogP contribution in [0, 0.1) is 6.92 Å². The molecule has 76 valence electrons. The second-order valence-corrected chi connectivity index (χ2v) is 5.15. The third-order valence-electron chi connectivity index (χ3n) is 2.64. The van der Waals surface area contributed by atoms with Crippen LogP contribution >= 0.6 is 11.8 Å². The molecule has 0 saturated carbocycles. The molecule has 14 heavy (non-hydrogen) atoms. The number of hydrogen-bond donors (Lipinski definition) is 1. The Kier molecular flexibility index (Phi) is 2.74. The summed E-state index contributed by atoms with van der Waals surface area (Å²) >= 11 is 1.90. The van der Waals surface area contributed by atoms with E-state index in [4.69, 9.17) is 5.73 Å². The molecule has 1 saturated heterocycles. The maximum Gasteiger partial charge on any atom is 0.145 e. The van der Waals surface area contributed by atoms with Crippen LogP contribution in [0.4, 0.5) is 0 Å². The molecule has 2 N–H and O–H groups in total. The Balaban J connectivity index is 2.35. The van der Waals surface area contributed by atoms with Crippen LogP contribution in [-0.2, 0) is 4.75 Å². The van der Waals surface area contributed by atoms with E-state index in [1.54, 1.807) is 0 Å². The van der Waals surface area contributed by atoms with Gasteiger partial charge in [0.05, 0.1) is 4.75 Å². The zero-order chi connectivity index (χ0) is 10.0. The second-order valence-electron chi connectivity index (χ2n) is 3.67. The molecule has 2 rings (SSSR count). The fraction of sp³-hybridized carbons (Fsp3) is 0.600. The first-order valence-corrected chi connectivity index (χ1v) is 5.89. The zero-order valence-corrected chi connectivity index (χ0v) is 9.18. The minimum absolute atomic E-state index is 0.00792. The molecule has 0 spiro atoms. The van der Waals surface area contributed by atoms with Crippen LogP contribution in [0.2, 0.25) is 0 Å². The third kappa shape index (κ3) is 1.64. The predicted molar refractivity (Wildman–Crippen MR) is 59.2 cm³/mol. The summed E-state index contributed by atoms with van der Waals surface area (Å²) in [6.07, 6.45) is 4.16. The molecule has 0 aliphatic carbocycles. The Hall–Kier alpha value is -0.610. The summed E-state index contributed by atoms with van der Waals surface area (Å²) in [5.74, 6) is 2.09. The molecule has 1 aromatic rings. The summed E-state index contributed by atoms with van der Waals surface area (Å²) in [5.41, 5.74) is 6.87. The first kappa shape index (κ1) is 9.93. The molecule has 1 atom stereocenters. The number of nitrogens with zero attached hydrogens (tertiary/aromatic N) is 2. The van der Waals surface area contributed by atoms with Crippen LogP contribution in [0.25, 0.3) is 0 Å². The van der Waals surface area contributed by atoms with Crippen molar-refractivity contribution >= 4 is 11.8 Å². The van der Waals surface area contributed by atoms with Crippen molar-refractivity contribution < 1.29 is 0 Å². The zero-order valence-electron chi connectivity index (χ0n) is 8.36. The van der Waals surface area contributed by atoms with Crippen LogP contribution < -0.4 is 5.73 Å². The van der Waals surface area contributed by atoms with Gasteiger partial charge >= 0.3 is 0 Å². The number of nitrogens with two attached hydrogens (primary N) is 1. The van der Waals surface area contributed by atoms with Crippen molar-refractivity contribution in [1.82, 2.24) is 9.97 Å². The maximum atomic E-state index is 5.85. The van der Waals surface area contributed by atoms with Crippen molar-refractivity contribution in [3.63, 3.8) is 0 Å². The van der Waals surface area contributed by atoms with Crippen LogP contribution in [-0.4, -0.2) is 22.3 Å². The molecule has 1 aliphatic rings. The van der Waals surface area contributed by atoms with Gasteiger partial charge in [-0.1, -0.05) is 0 Å². The number of aromatic nitrogens is 2. The Morgan fingerprint density at radius 1 is 1.64 bits per heavy atom. The van der Waals surface area contributed by atoms with Crippen molar-refractivity contribution in [1.29, 1.82) is 0 Å². The lowest BCUT2D eigenvalue weighted by molar-refractivity contribution is 0.562. The van der Waals surface area contributed by atoms with Gasteiger partial charge in [0.1, 0.15) is 5.82 Å². The minimum atomic E-state index is -0.00792. The molecule has 0 radical (unpaired) electrons. The van der Waals surface area contributed by atoms with Gasteiger partial charge in [0.15, 0.2) is 0 Å². The molecule has 0 bridgehead atoms. The third-order valence-corrected chi connectivity index (χ3v) is 4.23. The number of rotatable bonds is 2. The molecular weight excluding hydrogens is 194 g/mol. The van der Waals surface area contributed by atoms with Gasteiger partial charge in [-0.05, 0) is 31.6 Å². The first-order valence-electron chi connectivity index (χ1n) is 4.91. The van der Waals surface area contributed by atoms with Crippen LogP contribution in [0.3, 0.4) is 0 Å². The fourth-order valence-electron chi connectivity index (χ4n) is 1.79. The van der Waals surface area contributed by atoms with E-state index in [2.05, 4.69) is 9.97 Å². The average molecular weight is 209 g/mol. The van der Waals surface area contributed by atoms with Crippen molar-refractivity contribution in [3.05, 3.63) is 23.8 Å². The summed E-state index contributed by atoms with van der Waals surface area (Å²) in [7, 11) is 0. The van der Waals surface area contributed by atoms with E-state index in [1.165, 1.54) is 12.2 Å².